The first-order valence-corrected chi connectivity index (χ1v) is 5.36. The SMILES string of the molecule is CC.COc1cc(C)cc(OC)c1Br. The topological polar surface area (TPSA) is 18.5 Å². The van der Waals surface area contributed by atoms with E-state index in [9.17, 15) is 0 Å². The van der Waals surface area contributed by atoms with E-state index in [1.165, 1.54) is 0 Å². The highest BCUT2D eigenvalue weighted by molar-refractivity contribution is 9.10. The molecule has 2 nitrogen and oxygen atoms in total. The molecule has 0 amide bonds. The van der Waals surface area contributed by atoms with Gasteiger partial charge >= 0.3 is 0 Å². The molecule has 0 aliphatic heterocycles. The monoisotopic (exact) mass is 260 g/mol. The van der Waals surface area contributed by atoms with Crippen molar-refractivity contribution in [2.45, 2.75) is 20.8 Å². The van der Waals surface area contributed by atoms with Gasteiger partial charge in [0.1, 0.15) is 16.0 Å². The van der Waals surface area contributed by atoms with Crippen LogP contribution in [0.4, 0.5) is 0 Å². The van der Waals surface area contributed by atoms with E-state index < -0.39 is 0 Å². The molecule has 0 saturated heterocycles. The zero-order chi connectivity index (χ0) is 11.1. The van der Waals surface area contributed by atoms with Crippen molar-refractivity contribution in [3.63, 3.8) is 0 Å². The van der Waals surface area contributed by atoms with Crippen LogP contribution >= 0.6 is 15.9 Å². The molecule has 0 fully saturated rings. The van der Waals surface area contributed by atoms with E-state index in [-0.39, 0.29) is 0 Å². The Bertz CT molecular complexity index is 260. The number of rotatable bonds is 2. The van der Waals surface area contributed by atoms with Gasteiger partial charge in [-0.1, -0.05) is 13.8 Å². The van der Waals surface area contributed by atoms with Crippen LogP contribution in [0.3, 0.4) is 0 Å². The fraction of sp³-hybridized carbons (Fsp3) is 0.455. The molecule has 14 heavy (non-hydrogen) atoms. The number of aryl methyl sites for hydroxylation is 1. The van der Waals surface area contributed by atoms with Crippen molar-refractivity contribution in [3.05, 3.63) is 22.2 Å². The molecule has 0 aliphatic rings. The molecule has 0 unspecified atom stereocenters. The third kappa shape index (κ3) is 3.22. The first kappa shape index (κ1) is 13.3. The lowest BCUT2D eigenvalue weighted by Crippen LogP contribution is -1.90. The van der Waals surface area contributed by atoms with E-state index in [0.29, 0.717) is 0 Å². The van der Waals surface area contributed by atoms with Gasteiger partial charge in [0.15, 0.2) is 0 Å². The zero-order valence-corrected chi connectivity index (χ0v) is 10.9. The van der Waals surface area contributed by atoms with Gasteiger partial charge in [-0.3, -0.25) is 0 Å². The molecule has 0 radical (unpaired) electrons. The summed E-state index contributed by atoms with van der Waals surface area (Å²) in [4.78, 5) is 0. The maximum absolute atomic E-state index is 5.14. The van der Waals surface area contributed by atoms with Gasteiger partial charge in [0.05, 0.1) is 14.2 Å². The summed E-state index contributed by atoms with van der Waals surface area (Å²) in [6.07, 6.45) is 0. The Morgan fingerprint density at radius 2 is 1.36 bits per heavy atom. The second-order valence-corrected chi connectivity index (χ2v) is 3.28. The molecule has 1 aromatic carbocycles. The van der Waals surface area contributed by atoms with E-state index in [2.05, 4.69) is 15.9 Å². The van der Waals surface area contributed by atoms with Gasteiger partial charge in [0.2, 0.25) is 0 Å². The lowest BCUT2D eigenvalue weighted by atomic mass is 10.2. The minimum atomic E-state index is 0.798. The molecule has 0 aromatic heterocycles. The number of hydrogen-bond donors (Lipinski definition) is 0. The van der Waals surface area contributed by atoms with Crippen LogP contribution in [0.25, 0.3) is 0 Å². The first-order chi connectivity index (χ1) is 6.69. The summed E-state index contributed by atoms with van der Waals surface area (Å²) in [7, 11) is 3.28. The van der Waals surface area contributed by atoms with Gasteiger partial charge in [-0.25, -0.2) is 0 Å². The number of hydrogen-bond acceptors (Lipinski definition) is 2. The van der Waals surface area contributed by atoms with Gasteiger partial charge in [-0.15, -0.1) is 0 Å². The third-order valence-electron chi connectivity index (χ3n) is 1.59. The minimum absolute atomic E-state index is 0.798. The van der Waals surface area contributed by atoms with Crippen LogP contribution in [0.2, 0.25) is 0 Å². The average Bonchev–Trinajstić information content (AvgIpc) is 2.23. The number of methoxy groups -OCH3 is 2. The van der Waals surface area contributed by atoms with Gasteiger partial charge in [-0.2, -0.15) is 0 Å². The molecule has 3 heteroatoms. The van der Waals surface area contributed by atoms with E-state index >= 15 is 0 Å². The lowest BCUT2D eigenvalue weighted by molar-refractivity contribution is 0.389. The van der Waals surface area contributed by atoms with Crippen molar-refractivity contribution in [1.29, 1.82) is 0 Å². The maximum Gasteiger partial charge on any atom is 0.137 e. The molecule has 0 saturated carbocycles. The van der Waals surface area contributed by atoms with E-state index in [0.717, 1.165) is 21.5 Å². The molecule has 0 atom stereocenters. The second-order valence-electron chi connectivity index (χ2n) is 2.48. The smallest absolute Gasteiger partial charge is 0.137 e. The summed E-state index contributed by atoms with van der Waals surface area (Å²) in [6, 6.07) is 3.90. The standard InChI is InChI=1S/C9H11BrO2.C2H6/c1-6-4-7(11-2)9(10)8(5-6)12-3;1-2/h4-5H,1-3H3;1-2H3. The van der Waals surface area contributed by atoms with Crippen LogP contribution in [0.15, 0.2) is 16.6 Å². The Morgan fingerprint density at radius 1 is 1.00 bits per heavy atom. The number of benzene rings is 1. The molecule has 0 aliphatic carbocycles. The van der Waals surface area contributed by atoms with Crippen LogP contribution in [-0.2, 0) is 0 Å². The molecular weight excluding hydrogens is 244 g/mol. The van der Waals surface area contributed by atoms with Crippen LogP contribution in [-0.4, -0.2) is 14.2 Å². The highest BCUT2D eigenvalue weighted by Crippen LogP contribution is 2.35. The lowest BCUT2D eigenvalue weighted by Gasteiger charge is -2.08. The number of halogens is 1. The summed E-state index contributed by atoms with van der Waals surface area (Å²) in [5.41, 5.74) is 1.12. The van der Waals surface area contributed by atoms with Gasteiger partial charge in [-0.05, 0) is 40.5 Å². The summed E-state index contributed by atoms with van der Waals surface area (Å²) in [6.45, 7) is 6.00. The van der Waals surface area contributed by atoms with Crippen molar-refractivity contribution in [2.24, 2.45) is 0 Å². The third-order valence-corrected chi connectivity index (χ3v) is 2.37. The Hall–Kier alpha value is -0.700. The number of ether oxygens (including phenoxy) is 2. The maximum atomic E-state index is 5.14. The zero-order valence-electron chi connectivity index (χ0n) is 9.35. The predicted octanol–water partition coefficient (Wildman–Crippen LogP) is 3.80. The van der Waals surface area contributed by atoms with Gasteiger partial charge in [0, 0.05) is 0 Å². The Kier molecular flexibility index (Phi) is 6.37. The van der Waals surface area contributed by atoms with E-state index in [1.807, 2.05) is 32.9 Å². The average molecular weight is 261 g/mol. The molecule has 0 N–H and O–H groups in total. The van der Waals surface area contributed by atoms with Gasteiger partial charge in [0.25, 0.3) is 0 Å². The molecule has 0 spiro atoms. The van der Waals surface area contributed by atoms with E-state index in [4.69, 9.17) is 9.47 Å². The van der Waals surface area contributed by atoms with Crippen LogP contribution in [0, 0.1) is 6.92 Å². The Labute approximate surface area is 94.4 Å². The minimum Gasteiger partial charge on any atom is -0.495 e. The van der Waals surface area contributed by atoms with Crippen LogP contribution < -0.4 is 9.47 Å². The van der Waals surface area contributed by atoms with Crippen LogP contribution in [0.1, 0.15) is 19.4 Å². The fourth-order valence-electron chi connectivity index (χ4n) is 1.00. The Morgan fingerprint density at radius 3 is 1.64 bits per heavy atom. The van der Waals surface area contributed by atoms with Crippen molar-refractivity contribution in [2.75, 3.05) is 14.2 Å². The van der Waals surface area contributed by atoms with Crippen molar-refractivity contribution < 1.29 is 9.47 Å². The molecule has 0 bridgehead atoms. The molecule has 1 rings (SSSR count). The van der Waals surface area contributed by atoms with Crippen molar-refractivity contribution in [3.8, 4) is 11.5 Å². The van der Waals surface area contributed by atoms with Gasteiger partial charge < -0.3 is 9.47 Å². The molecular formula is C11H17BrO2. The quantitative estimate of drug-likeness (QED) is 0.806. The summed E-state index contributed by atoms with van der Waals surface area (Å²) in [5, 5.41) is 0. The van der Waals surface area contributed by atoms with E-state index in [1.54, 1.807) is 14.2 Å². The highest BCUT2D eigenvalue weighted by atomic mass is 79.9. The summed E-state index contributed by atoms with van der Waals surface area (Å²) < 4.78 is 11.1. The molecule has 0 heterocycles. The van der Waals surface area contributed by atoms with Crippen molar-refractivity contribution in [1.82, 2.24) is 0 Å². The van der Waals surface area contributed by atoms with Crippen molar-refractivity contribution >= 4 is 15.9 Å². The molecule has 1 aromatic rings. The van der Waals surface area contributed by atoms with Crippen LogP contribution in [0.5, 0.6) is 11.5 Å². The summed E-state index contributed by atoms with van der Waals surface area (Å²) >= 11 is 3.39. The first-order valence-electron chi connectivity index (χ1n) is 4.57. The molecule has 80 valence electrons. The largest absolute Gasteiger partial charge is 0.495 e. The second kappa shape index (κ2) is 6.71. The summed E-state index contributed by atoms with van der Waals surface area (Å²) in [5.74, 6) is 1.60. The normalized spacial score (nSPS) is 8.71. The highest BCUT2D eigenvalue weighted by Gasteiger charge is 2.06. The Balaban J connectivity index is 0.000000791. The predicted molar refractivity (Wildman–Crippen MR) is 63.3 cm³/mol. The fourth-order valence-corrected chi connectivity index (χ4v) is 1.55.